The molecular formula is C14H12O3. The summed E-state index contributed by atoms with van der Waals surface area (Å²) in [4.78, 5) is 10.8. The van der Waals surface area contributed by atoms with Crippen molar-refractivity contribution in [2.75, 3.05) is 0 Å². The number of hydrogen-bond acceptors (Lipinski definition) is 2. The van der Waals surface area contributed by atoms with Crippen LogP contribution in [0.5, 0.6) is 0 Å². The van der Waals surface area contributed by atoms with Gasteiger partial charge in [0.2, 0.25) is 0 Å². The van der Waals surface area contributed by atoms with Crippen LogP contribution >= 0.6 is 0 Å². The summed E-state index contributed by atoms with van der Waals surface area (Å²) in [6.45, 7) is 1.39. The summed E-state index contributed by atoms with van der Waals surface area (Å²) < 4.78 is 0. The van der Waals surface area contributed by atoms with Crippen LogP contribution in [0.15, 0.2) is 48.0 Å². The van der Waals surface area contributed by atoms with Crippen LogP contribution in [0, 0.1) is 0 Å². The van der Waals surface area contributed by atoms with Crippen molar-refractivity contribution in [3.8, 4) is 0 Å². The fourth-order valence-corrected chi connectivity index (χ4v) is 1.74. The maximum atomic E-state index is 10.8. The van der Waals surface area contributed by atoms with E-state index in [4.69, 9.17) is 5.11 Å². The third-order valence-electron chi connectivity index (χ3n) is 2.72. The lowest BCUT2D eigenvalue weighted by atomic mass is 10.0. The first-order chi connectivity index (χ1) is 8.11. The van der Waals surface area contributed by atoms with E-state index < -0.39 is 5.97 Å². The Labute approximate surface area is 98.6 Å². The van der Waals surface area contributed by atoms with E-state index in [1.165, 1.54) is 6.92 Å². The number of benzene rings is 2. The molecule has 0 radical (unpaired) electrons. The topological polar surface area (TPSA) is 57.5 Å². The van der Waals surface area contributed by atoms with Crippen molar-refractivity contribution in [2.45, 2.75) is 6.92 Å². The Hall–Kier alpha value is -2.29. The average molecular weight is 228 g/mol. The Morgan fingerprint density at radius 2 is 1.65 bits per heavy atom. The summed E-state index contributed by atoms with van der Waals surface area (Å²) in [7, 11) is 0. The highest BCUT2D eigenvalue weighted by molar-refractivity contribution is 5.99. The molecule has 0 bridgehead atoms. The first kappa shape index (κ1) is 11.2. The molecule has 0 spiro atoms. The second-order valence-corrected chi connectivity index (χ2v) is 3.81. The minimum Gasteiger partial charge on any atom is -0.507 e. The molecule has 0 fully saturated rings. The molecule has 2 aromatic carbocycles. The molecule has 0 aliphatic carbocycles. The highest BCUT2D eigenvalue weighted by Gasteiger charge is 2.12. The van der Waals surface area contributed by atoms with E-state index in [9.17, 15) is 9.90 Å². The van der Waals surface area contributed by atoms with Crippen LogP contribution < -0.4 is 0 Å². The molecule has 2 aromatic rings. The van der Waals surface area contributed by atoms with Crippen LogP contribution in [0.3, 0.4) is 0 Å². The molecule has 0 unspecified atom stereocenters. The summed E-state index contributed by atoms with van der Waals surface area (Å²) in [6, 6.07) is 13.0. The fourth-order valence-electron chi connectivity index (χ4n) is 1.74. The zero-order valence-electron chi connectivity index (χ0n) is 9.34. The second-order valence-electron chi connectivity index (χ2n) is 3.81. The maximum absolute atomic E-state index is 10.8. The number of carbonyl (C=O) groups is 1. The van der Waals surface area contributed by atoms with Crippen LogP contribution in [0.2, 0.25) is 0 Å². The molecule has 0 aromatic heterocycles. The van der Waals surface area contributed by atoms with Crippen molar-refractivity contribution in [1.29, 1.82) is 0 Å². The Balaban J connectivity index is 2.72. The summed E-state index contributed by atoms with van der Waals surface area (Å²) in [5.41, 5.74) is 0.490. The third-order valence-corrected chi connectivity index (χ3v) is 2.72. The molecule has 0 aliphatic heterocycles. The minimum atomic E-state index is -1.12. The second kappa shape index (κ2) is 4.29. The summed E-state index contributed by atoms with van der Waals surface area (Å²) in [6.07, 6.45) is 0. The quantitative estimate of drug-likeness (QED) is 0.613. The number of aliphatic carboxylic acids is 1. The fraction of sp³-hybridized carbons (Fsp3) is 0.0714. The van der Waals surface area contributed by atoms with Crippen molar-refractivity contribution >= 4 is 22.5 Å². The van der Waals surface area contributed by atoms with Gasteiger partial charge in [0.1, 0.15) is 5.76 Å². The number of aliphatic hydroxyl groups excluding tert-OH is 1. The molecule has 2 N–H and O–H groups in total. The first-order valence-electron chi connectivity index (χ1n) is 5.22. The normalized spacial score (nSPS) is 12.3. The Morgan fingerprint density at radius 1 is 1.00 bits per heavy atom. The smallest absolute Gasteiger partial charge is 0.335 e. The first-order valence-corrected chi connectivity index (χ1v) is 5.22. The average Bonchev–Trinajstić information content (AvgIpc) is 2.36. The van der Waals surface area contributed by atoms with E-state index in [0.717, 1.165) is 10.8 Å². The largest absolute Gasteiger partial charge is 0.507 e. The molecule has 2 rings (SSSR count). The standard InChI is InChI=1S/C14H12O3/c1-9(14(16)17)13(15)12-8-4-6-10-5-2-3-7-11(10)12/h2-8,15H,1H3,(H,16,17). The predicted molar refractivity (Wildman–Crippen MR) is 66.8 cm³/mol. The molecule has 0 atom stereocenters. The Morgan fingerprint density at radius 3 is 2.35 bits per heavy atom. The molecule has 17 heavy (non-hydrogen) atoms. The highest BCUT2D eigenvalue weighted by atomic mass is 16.4. The highest BCUT2D eigenvalue weighted by Crippen LogP contribution is 2.25. The van der Waals surface area contributed by atoms with Crippen LogP contribution in [-0.4, -0.2) is 16.2 Å². The molecule has 0 heterocycles. The summed E-state index contributed by atoms with van der Waals surface area (Å²) >= 11 is 0. The zero-order chi connectivity index (χ0) is 12.4. The van der Waals surface area contributed by atoms with Crippen molar-refractivity contribution in [1.82, 2.24) is 0 Å². The van der Waals surface area contributed by atoms with Crippen molar-refractivity contribution in [3.63, 3.8) is 0 Å². The molecule has 0 saturated carbocycles. The summed E-state index contributed by atoms with van der Waals surface area (Å²) in [5.74, 6) is -1.30. The van der Waals surface area contributed by atoms with Crippen molar-refractivity contribution < 1.29 is 15.0 Å². The van der Waals surface area contributed by atoms with Crippen LogP contribution in [0.1, 0.15) is 12.5 Å². The van der Waals surface area contributed by atoms with Gasteiger partial charge >= 0.3 is 5.97 Å². The third kappa shape index (κ3) is 1.99. The molecule has 3 heteroatoms. The number of hydrogen-bond donors (Lipinski definition) is 2. The lowest BCUT2D eigenvalue weighted by molar-refractivity contribution is -0.132. The monoisotopic (exact) mass is 228 g/mol. The maximum Gasteiger partial charge on any atom is 0.335 e. The van der Waals surface area contributed by atoms with Gasteiger partial charge in [0.15, 0.2) is 0 Å². The molecule has 0 amide bonds. The van der Waals surface area contributed by atoms with Gasteiger partial charge in [-0.05, 0) is 17.7 Å². The van der Waals surface area contributed by atoms with Gasteiger partial charge in [-0.25, -0.2) is 4.79 Å². The Bertz CT molecular complexity index is 606. The number of fused-ring (bicyclic) bond motifs is 1. The molecular weight excluding hydrogens is 216 g/mol. The lowest BCUT2D eigenvalue weighted by Crippen LogP contribution is -2.00. The summed E-state index contributed by atoms with van der Waals surface area (Å²) in [5, 5.41) is 20.6. The van der Waals surface area contributed by atoms with E-state index in [2.05, 4.69) is 0 Å². The van der Waals surface area contributed by atoms with Gasteiger partial charge in [-0.1, -0.05) is 42.5 Å². The van der Waals surface area contributed by atoms with Gasteiger partial charge in [-0.15, -0.1) is 0 Å². The van der Waals surface area contributed by atoms with Crippen molar-refractivity contribution in [2.24, 2.45) is 0 Å². The van der Waals surface area contributed by atoms with Gasteiger partial charge in [0.05, 0.1) is 5.57 Å². The number of carboxylic acids is 1. The molecule has 86 valence electrons. The minimum absolute atomic E-state index is 0.0543. The SMILES string of the molecule is CC(C(=O)O)=C(O)c1cccc2ccccc12. The van der Waals surface area contributed by atoms with Gasteiger partial charge < -0.3 is 10.2 Å². The predicted octanol–water partition coefficient (Wildman–Crippen LogP) is 3.21. The van der Waals surface area contributed by atoms with Gasteiger partial charge in [-0.3, -0.25) is 0 Å². The van der Waals surface area contributed by atoms with E-state index in [-0.39, 0.29) is 11.3 Å². The van der Waals surface area contributed by atoms with Gasteiger partial charge in [0, 0.05) is 5.56 Å². The lowest BCUT2D eigenvalue weighted by Gasteiger charge is -2.07. The van der Waals surface area contributed by atoms with E-state index in [0.29, 0.717) is 5.56 Å². The number of carboxylic acid groups (broad SMARTS) is 1. The van der Waals surface area contributed by atoms with Crippen molar-refractivity contribution in [3.05, 3.63) is 53.6 Å². The van der Waals surface area contributed by atoms with Crippen LogP contribution in [0.25, 0.3) is 16.5 Å². The van der Waals surface area contributed by atoms with Crippen LogP contribution in [0.4, 0.5) is 0 Å². The van der Waals surface area contributed by atoms with Crippen LogP contribution in [-0.2, 0) is 4.79 Å². The van der Waals surface area contributed by atoms with Gasteiger partial charge in [0.25, 0.3) is 0 Å². The molecule has 0 saturated heterocycles. The Kier molecular flexibility index (Phi) is 2.83. The number of rotatable bonds is 2. The van der Waals surface area contributed by atoms with E-state index in [1.807, 2.05) is 30.3 Å². The molecule has 0 aliphatic rings. The van der Waals surface area contributed by atoms with Gasteiger partial charge in [-0.2, -0.15) is 0 Å². The zero-order valence-corrected chi connectivity index (χ0v) is 9.34. The molecule has 3 nitrogen and oxygen atoms in total. The van der Waals surface area contributed by atoms with E-state index in [1.54, 1.807) is 12.1 Å². The van der Waals surface area contributed by atoms with E-state index >= 15 is 0 Å². The number of aliphatic hydroxyl groups is 1.